The molecule has 0 bridgehead atoms. The molecule has 0 aliphatic carbocycles. The second-order valence-electron chi connectivity index (χ2n) is 5.85. The van der Waals surface area contributed by atoms with Crippen LogP contribution in [0, 0.1) is 13.8 Å². The molecule has 0 aliphatic rings. The largest absolute Gasteiger partial charge is 0.370 e. The van der Waals surface area contributed by atoms with Crippen LogP contribution < -0.4 is 5.32 Å². The maximum Gasteiger partial charge on any atom is 0.162 e. The number of aryl methyl sites for hydroxylation is 2. The number of nitrogens with one attached hydrogen (secondary N) is 1. The average Bonchev–Trinajstić information content (AvgIpc) is 2.44. The zero-order valence-electron chi connectivity index (χ0n) is 13.7. The van der Waals surface area contributed by atoms with Gasteiger partial charge in [0.15, 0.2) is 5.82 Å². The second kappa shape index (κ2) is 6.70. The monoisotopic (exact) mass is 283 g/mol. The molecule has 2 rings (SSSR count). The highest BCUT2D eigenvalue weighted by atomic mass is 15.0. The number of rotatable bonds is 5. The van der Waals surface area contributed by atoms with Gasteiger partial charge in [0, 0.05) is 23.9 Å². The van der Waals surface area contributed by atoms with E-state index in [9.17, 15) is 0 Å². The van der Waals surface area contributed by atoms with Crippen molar-refractivity contribution < 1.29 is 0 Å². The topological polar surface area (TPSA) is 37.8 Å². The molecule has 0 radical (unpaired) electrons. The van der Waals surface area contributed by atoms with Crippen molar-refractivity contribution in [2.75, 3.05) is 11.9 Å². The number of nitrogens with zero attached hydrogens (tertiary/aromatic N) is 2. The Balaban J connectivity index is 2.54. The average molecular weight is 283 g/mol. The van der Waals surface area contributed by atoms with Gasteiger partial charge in [0.05, 0.1) is 0 Å². The fraction of sp³-hybridized carbons (Fsp3) is 0.444. The molecule has 0 saturated carbocycles. The molecule has 0 atom stereocenters. The van der Waals surface area contributed by atoms with Crippen molar-refractivity contribution in [2.24, 2.45) is 0 Å². The molecule has 0 aliphatic heterocycles. The van der Waals surface area contributed by atoms with E-state index >= 15 is 0 Å². The van der Waals surface area contributed by atoms with Gasteiger partial charge in [-0.25, -0.2) is 9.97 Å². The molecule has 3 nitrogen and oxygen atoms in total. The summed E-state index contributed by atoms with van der Waals surface area (Å²) in [4.78, 5) is 9.50. The highest BCUT2D eigenvalue weighted by Crippen LogP contribution is 2.27. The number of hydrogen-bond acceptors (Lipinski definition) is 3. The Morgan fingerprint density at radius 3 is 2.33 bits per heavy atom. The Labute approximate surface area is 127 Å². The van der Waals surface area contributed by atoms with Gasteiger partial charge in [0.2, 0.25) is 0 Å². The third kappa shape index (κ3) is 3.60. The molecule has 21 heavy (non-hydrogen) atoms. The van der Waals surface area contributed by atoms with Gasteiger partial charge in [0.1, 0.15) is 5.82 Å². The Morgan fingerprint density at radius 2 is 1.76 bits per heavy atom. The third-order valence-electron chi connectivity index (χ3n) is 3.60. The minimum absolute atomic E-state index is 0.387. The maximum absolute atomic E-state index is 4.78. The Morgan fingerprint density at radius 1 is 1.10 bits per heavy atom. The minimum Gasteiger partial charge on any atom is -0.370 e. The molecule has 1 N–H and O–H groups in total. The summed E-state index contributed by atoms with van der Waals surface area (Å²) in [5.74, 6) is 2.14. The number of aromatic nitrogens is 2. The number of anilines is 1. The maximum atomic E-state index is 4.78. The van der Waals surface area contributed by atoms with Crippen LogP contribution in [0.4, 0.5) is 5.82 Å². The Bertz CT molecular complexity index is 598. The molecule has 0 amide bonds. The van der Waals surface area contributed by atoms with E-state index in [2.05, 4.69) is 64.2 Å². The lowest BCUT2D eigenvalue weighted by Crippen LogP contribution is -2.07. The van der Waals surface area contributed by atoms with Gasteiger partial charge >= 0.3 is 0 Å². The van der Waals surface area contributed by atoms with Crippen LogP contribution in [0.1, 0.15) is 49.9 Å². The number of benzene rings is 1. The fourth-order valence-corrected chi connectivity index (χ4v) is 2.38. The van der Waals surface area contributed by atoms with Crippen LogP contribution in [-0.4, -0.2) is 16.5 Å². The van der Waals surface area contributed by atoms with Crippen molar-refractivity contribution in [1.29, 1.82) is 0 Å². The van der Waals surface area contributed by atoms with E-state index in [4.69, 9.17) is 9.97 Å². The molecule has 1 aromatic carbocycles. The Kier molecular flexibility index (Phi) is 4.94. The van der Waals surface area contributed by atoms with Gasteiger partial charge < -0.3 is 5.32 Å². The van der Waals surface area contributed by atoms with Crippen LogP contribution >= 0.6 is 0 Å². The molecule has 1 heterocycles. The SMILES string of the molecule is CCCNc1cc(C(C)C)nc(-c2c(C)cccc2C)n1. The van der Waals surface area contributed by atoms with Crippen LogP contribution in [0.2, 0.25) is 0 Å². The molecule has 1 aromatic heterocycles. The van der Waals surface area contributed by atoms with E-state index in [1.165, 1.54) is 11.1 Å². The van der Waals surface area contributed by atoms with Gasteiger partial charge in [0.25, 0.3) is 0 Å². The van der Waals surface area contributed by atoms with E-state index in [0.717, 1.165) is 35.9 Å². The van der Waals surface area contributed by atoms with Crippen molar-refractivity contribution in [3.8, 4) is 11.4 Å². The van der Waals surface area contributed by atoms with Crippen molar-refractivity contribution in [2.45, 2.75) is 47.0 Å². The molecular formula is C18H25N3. The van der Waals surface area contributed by atoms with Crippen molar-refractivity contribution in [3.05, 3.63) is 41.1 Å². The number of hydrogen-bond donors (Lipinski definition) is 1. The van der Waals surface area contributed by atoms with Crippen LogP contribution in [-0.2, 0) is 0 Å². The molecule has 112 valence electrons. The first-order valence-corrected chi connectivity index (χ1v) is 7.72. The minimum atomic E-state index is 0.387. The van der Waals surface area contributed by atoms with E-state index in [0.29, 0.717) is 5.92 Å². The lowest BCUT2D eigenvalue weighted by atomic mass is 10.0. The first kappa shape index (κ1) is 15.5. The molecule has 3 heteroatoms. The highest BCUT2D eigenvalue weighted by Gasteiger charge is 2.13. The van der Waals surface area contributed by atoms with Crippen molar-refractivity contribution in [3.63, 3.8) is 0 Å². The van der Waals surface area contributed by atoms with Gasteiger partial charge in [-0.15, -0.1) is 0 Å². The normalized spacial score (nSPS) is 11.0. The summed E-state index contributed by atoms with van der Waals surface area (Å²) < 4.78 is 0. The van der Waals surface area contributed by atoms with Crippen molar-refractivity contribution >= 4 is 5.82 Å². The van der Waals surface area contributed by atoms with Gasteiger partial charge in [-0.3, -0.25) is 0 Å². The van der Waals surface area contributed by atoms with Crippen LogP contribution in [0.3, 0.4) is 0 Å². The van der Waals surface area contributed by atoms with Gasteiger partial charge in [-0.1, -0.05) is 39.0 Å². The quantitative estimate of drug-likeness (QED) is 0.863. The first-order valence-electron chi connectivity index (χ1n) is 7.72. The van der Waals surface area contributed by atoms with Crippen LogP contribution in [0.5, 0.6) is 0 Å². The van der Waals surface area contributed by atoms with E-state index < -0.39 is 0 Å². The predicted molar refractivity (Wildman–Crippen MR) is 89.8 cm³/mol. The Hall–Kier alpha value is -1.90. The summed E-state index contributed by atoms with van der Waals surface area (Å²) >= 11 is 0. The summed E-state index contributed by atoms with van der Waals surface area (Å²) in [7, 11) is 0. The van der Waals surface area contributed by atoms with Crippen LogP contribution in [0.25, 0.3) is 11.4 Å². The summed E-state index contributed by atoms with van der Waals surface area (Å²) in [6.07, 6.45) is 1.08. The third-order valence-corrected chi connectivity index (χ3v) is 3.60. The summed E-state index contributed by atoms with van der Waals surface area (Å²) in [6, 6.07) is 8.38. The lowest BCUT2D eigenvalue weighted by Gasteiger charge is -2.14. The first-order chi connectivity index (χ1) is 10.0. The molecule has 0 fully saturated rings. The van der Waals surface area contributed by atoms with Crippen LogP contribution in [0.15, 0.2) is 24.3 Å². The second-order valence-corrected chi connectivity index (χ2v) is 5.85. The molecular weight excluding hydrogens is 258 g/mol. The van der Waals surface area contributed by atoms with E-state index in [1.54, 1.807) is 0 Å². The molecule has 0 saturated heterocycles. The van der Waals surface area contributed by atoms with Gasteiger partial charge in [-0.05, 0) is 37.3 Å². The smallest absolute Gasteiger partial charge is 0.162 e. The van der Waals surface area contributed by atoms with E-state index in [-0.39, 0.29) is 0 Å². The standard InChI is InChI=1S/C18H25N3/c1-6-10-19-16-11-15(12(2)3)20-18(21-16)17-13(4)8-7-9-14(17)5/h7-9,11-12H,6,10H2,1-5H3,(H,19,20,21). The van der Waals surface area contributed by atoms with Crippen molar-refractivity contribution in [1.82, 2.24) is 9.97 Å². The summed E-state index contributed by atoms with van der Waals surface area (Å²) in [5.41, 5.74) is 4.68. The zero-order chi connectivity index (χ0) is 15.4. The molecule has 0 spiro atoms. The summed E-state index contributed by atoms with van der Waals surface area (Å²) in [5, 5.41) is 3.39. The van der Waals surface area contributed by atoms with Gasteiger partial charge in [-0.2, -0.15) is 0 Å². The predicted octanol–water partition coefficient (Wildman–Crippen LogP) is 4.71. The fourth-order valence-electron chi connectivity index (χ4n) is 2.38. The zero-order valence-corrected chi connectivity index (χ0v) is 13.7. The van der Waals surface area contributed by atoms with E-state index in [1.807, 2.05) is 0 Å². The lowest BCUT2D eigenvalue weighted by molar-refractivity contribution is 0.815. The molecule has 0 unspecified atom stereocenters. The highest BCUT2D eigenvalue weighted by molar-refractivity contribution is 5.65. The summed E-state index contributed by atoms with van der Waals surface area (Å²) in [6.45, 7) is 11.7. The molecule has 2 aromatic rings.